The molecule has 2 N–H and O–H groups in total. The predicted octanol–water partition coefficient (Wildman–Crippen LogP) is 3.42. The molecule has 0 saturated heterocycles. The third-order valence-electron chi connectivity index (χ3n) is 1.41. The zero-order valence-electron chi connectivity index (χ0n) is 6.84. The van der Waals surface area contributed by atoms with E-state index in [0.29, 0.717) is 4.67 Å². The summed E-state index contributed by atoms with van der Waals surface area (Å²) in [6, 6.07) is 1.79. The lowest BCUT2D eigenvalue weighted by Gasteiger charge is -2.10. The topological polar surface area (TPSA) is 39.2 Å². The van der Waals surface area contributed by atoms with Crippen molar-refractivity contribution in [3.05, 3.63) is 22.6 Å². The van der Waals surface area contributed by atoms with Crippen molar-refractivity contribution in [2.24, 2.45) is 5.73 Å². The highest BCUT2D eigenvalue weighted by Crippen LogP contribution is 2.29. The van der Waals surface area contributed by atoms with Gasteiger partial charge in [0.25, 0.3) is 0 Å². The Hall–Kier alpha value is -0.200. The second kappa shape index (κ2) is 5.04. The van der Waals surface area contributed by atoms with Crippen molar-refractivity contribution in [1.82, 2.24) is 0 Å². The first-order valence-electron chi connectivity index (χ1n) is 3.46. The van der Waals surface area contributed by atoms with Crippen molar-refractivity contribution in [2.75, 3.05) is 0 Å². The van der Waals surface area contributed by atoms with Gasteiger partial charge in [-0.3, -0.25) is 0 Å². The first-order valence-corrected chi connectivity index (χ1v) is 4.25. The zero-order chi connectivity index (χ0) is 10.1. The van der Waals surface area contributed by atoms with Crippen LogP contribution in [0.4, 0.5) is 13.2 Å². The number of rotatable bonds is 2. The fourth-order valence-corrected chi connectivity index (χ4v) is 1.20. The quantitative estimate of drug-likeness (QED) is 0.908. The summed E-state index contributed by atoms with van der Waals surface area (Å²) in [5, 5.41) is 0. The molecule has 0 amide bonds. The highest BCUT2D eigenvalue weighted by molar-refractivity contribution is 9.10. The fraction of sp³-hybridized carbons (Fsp3) is 0.429. The molecule has 0 bridgehead atoms. The van der Waals surface area contributed by atoms with E-state index in [-0.39, 0.29) is 18.2 Å². The van der Waals surface area contributed by atoms with E-state index in [2.05, 4.69) is 15.9 Å². The summed E-state index contributed by atoms with van der Waals surface area (Å²) in [6.07, 6.45) is -5.34. The van der Waals surface area contributed by atoms with Crippen molar-refractivity contribution >= 4 is 28.3 Å². The maximum atomic E-state index is 11.9. The molecule has 0 spiro atoms. The summed E-state index contributed by atoms with van der Waals surface area (Å²) >= 11 is 2.98. The van der Waals surface area contributed by atoms with Crippen LogP contribution in [0.15, 0.2) is 21.2 Å². The number of hydrogen-bond donors (Lipinski definition) is 1. The Morgan fingerprint density at radius 3 is 2.36 bits per heavy atom. The minimum atomic E-state index is -4.27. The average Bonchev–Trinajstić information content (AvgIpc) is 2.31. The summed E-state index contributed by atoms with van der Waals surface area (Å²) in [4.78, 5) is 0. The second-order valence-corrected chi connectivity index (χ2v) is 3.35. The largest absolute Gasteiger partial charge is 0.453 e. The van der Waals surface area contributed by atoms with E-state index in [4.69, 9.17) is 10.2 Å². The van der Waals surface area contributed by atoms with Gasteiger partial charge in [-0.1, -0.05) is 0 Å². The predicted molar refractivity (Wildman–Crippen MR) is 51.3 cm³/mol. The van der Waals surface area contributed by atoms with Gasteiger partial charge in [-0.25, -0.2) is 0 Å². The molecular weight excluding hydrogens is 286 g/mol. The lowest BCUT2D eigenvalue weighted by molar-refractivity contribution is -0.139. The van der Waals surface area contributed by atoms with Crippen molar-refractivity contribution < 1.29 is 17.6 Å². The molecule has 0 aliphatic carbocycles. The van der Waals surface area contributed by atoms with E-state index in [0.717, 1.165) is 0 Å². The Morgan fingerprint density at radius 1 is 1.43 bits per heavy atom. The van der Waals surface area contributed by atoms with Gasteiger partial charge in [0, 0.05) is 0 Å². The molecular formula is C7H8BrClF3NO. The standard InChI is InChI=1S/C7H7BrF3NO.ClH/c8-6-2-1-5(13-6)4(12)3-7(9,10)11;/h1-2,4H,3,12H2;1H/t4-;/m0./s1. The first kappa shape index (κ1) is 13.8. The second-order valence-electron chi connectivity index (χ2n) is 2.57. The SMILES string of the molecule is Cl.N[C@@H](CC(F)(F)F)c1ccc(Br)o1. The summed E-state index contributed by atoms with van der Waals surface area (Å²) in [7, 11) is 0. The van der Waals surface area contributed by atoms with Gasteiger partial charge < -0.3 is 10.2 Å². The average molecular weight is 294 g/mol. The minimum absolute atomic E-state index is 0. The Labute approximate surface area is 93.2 Å². The number of alkyl halides is 3. The van der Waals surface area contributed by atoms with Gasteiger partial charge >= 0.3 is 6.18 Å². The molecule has 0 radical (unpaired) electrons. The van der Waals surface area contributed by atoms with Crippen LogP contribution in [0.3, 0.4) is 0 Å². The van der Waals surface area contributed by atoms with Crippen LogP contribution < -0.4 is 5.73 Å². The van der Waals surface area contributed by atoms with Crippen LogP contribution in [0.25, 0.3) is 0 Å². The molecule has 14 heavy (non-hydrogen) atoms. The van der Waals surface area contributed by atoms with Gasteiger partial charge in [-0.2, -0.15) is 13.2 Å². The molecule has 0 aliphatic rings. The van der Waals surface area contributed by atoms with Crippen LogP contribution >= 0.6 is 28.3 Å². The van der Waals surface area contributed by atoms with Crippen molar-refractivity contribution in [1.29, 1.82) is 0 Å². The molecule has 7 heteroatoms. The van der Waals surface area contributed by atoms with Gasteiger partial charge in [0.15, 0.2) is 4.67 Å². The molecule has 1 atom stereocenters. The molecule has 1 heterocycles. The maximum Gasteiger partial charge on any atom is 0.391 e. The number of halogens is 5. The van der Waals surface area contributed by atoms with E-state index in [1.54, 1.807) is 0 Å². The van der Waals surface area contributed by atoms with Crippen LogP contribution in [0.1, 0.15) is 18.2 Å². The van der Waals surface area contributed by atoms with Crippen molar-refractivity contribution in [3.63, 3.8) is 0 Å². The van der Waals surface area contributed by atoms with E-state index in [9.17, 15) is 13.2 Å². The molecule has 1 aromatic heterocycles. The molecule has 0 saturated carbocycles. The molecule has 0 aromatic carbocycles. The van der Waals surface area contributed by atoms with Crippen LogP contribution in [0.5, 0.6) is 0 Å². The summed E-state index contributed by atoms with van der Waals surface area (Å²) < 4.78 is 40.9. The smallest absolute Gasteiger partial charge is 0.391 e. The van der Waals surface area contributed by atoms with Gasteiger partial charge in [-0.05, 0) is 28.1 Å². The molecule has 0 aliphatic heterocycles. The lowest BCUT2D eigenvalue weighted by atomic mass is 10.2. The summed E-state index contributed by atoms with van der Waals surface area (Å²) in [6.45, 7) is 0. The Morgan fingerprint density at radius 2 is 2.00 bits per heavy atom. The highest BCUT2D eigenvalue weighted by atomic mass is 79.9. The van der Waals surface area contributed by atoms with E-state index in [1.165, 1.54) is 12.1 Å². The molecule has 1 rings (SSSR count). The van der Waals surface area contributed by atoms with Crippen molar-refractivity contribution in [2.45, 2.75) is 18.6 Å². The maximum absolute atomic E-state index is 11.9. The van der Waals surface area contributed by atoms with Crippen LogP contribution in [0, 0.1) is 0 Å². The Balaban J connectivity index is 0.00000169. The molecule has 1 aromatic rings. The van der Waals surface area contributed by atoms with Crippen LogP contribution in [0.2, 0.25) is 0 Å². The lowest BCUT2D eigenvalue weighted by Crippen LogP contribution is -2.19. The van der Waals surface area contributed by atoms with Gasteiger partial charge in [0.1, 0.15) is 5.76 Å². The molecule has 0 unspecified atom stereocenters. The van der Waals surface area contributed by atoms with Gasteiger partial charge in [-0.15, -0.1) is 12.4 Å². The minimum Gasteiger partial charge on any atom is -0.453 e. The number of hydrogen-bond acceptors (Lipinski definition) is 2. The fourth-order valence-electron chi connectivity index (χ4n) is 0.878. The van der Waals surface area contributed by atoms with Crippen LogP contribution in [-0.2, 0) is 0 Å². The summed E-state index contributed by atoms with van der Waals surface area (Å²) in [5.41, 5.74) is 5.26. The monoisotopic (exact) mass is 293 g/mol. The number of nitrogens with two attached hydrogens (primary N) is 1. The normalized spacial score (nSPS) is 13.5. The Kier molecular flexibility index (Phi) is 4.97. The molecule has 82 valence electrons. The van der Waals surface area contributed by atoms with Gasteiger partial charge in [0.2, 0.25) is 0 Å². The number of furan rings is 1. The van der Waals surface area contributed by atoms with E-state index >= 15 is 0 Å². The highest BCUT2D eigenvalue weighted by Gasteiger charge is 2.32. The molecule has 0 fully saturated rings. The van der Waals surface area contributed by atoms with E-state index in [1.807, 2.05) is 0 Å². The molecule has 2 nitrogen and oxygen atoms in total. The first-order chi connectivity index (χ1) is 5.88. The Bertz CT molecular complexity index is 289. The zero-order valence-corrected chi connectivity index (χ0v) is 9.25. The van der Waals surface area contributed by atoms with Crippen LogP contribution in [-0.4, -0.2) is 6.18 Å². The third-order valence-corrected chi connectivity index (χ3v) is 1.84. The van der Waals surface area contributed by atoms with Crippen molar-refractivity contribution in [3.8, 4) is 0 Å². The third kappa shape index (κ3) is 4.34. The van der Waals surface area contributed by atoms with Gasteiger partial charge in [0.05, 0.1) is 12.5 Å². The van der Waals surface area contributed by atoms with E-state index < -0.39 is 18.6 Å². The summed E-state index contributed by atoms with van der Waals surface area (Å²) in [5.74, 6) is 0.129.